The Morgan fingerprint density at radius 1 is 0.850 bits per heavy atom. The van der Waals surface area contributed by atoms with Crippen molar-refractivity contribution in [2.24, 2.45) is 0 Å². The van der Waals surface area contributed by atoms with Crippen LogP contribution in [-0.4, -0.2) is 0 Å². The SMILES string of the molecule is FC=CCCCc1ccc(-c2ccc(F)c(F)c2)cc1. The number of rotatable bonds is 5. The fourth-order valence-electron chi connectivity index (χ4n) is 2.03. The fraction of sp³-hybridized carbons (Fsp3) is 0.176. The van der Waals surface area contributed by atoms with Gasteiger partial charge in [-0.05, 0) is 48.1 Å². The molecule has 2 rings (SSSR count). The molecule has 0 unspecified atom stereocenters. The minimum absolute atomic E-state index is 0.562. The Kier molecular flexibility index (Phi) is 4.99. The molecule has 0 radical (unpaired) electrons. The van der Waals surface area contributed by atoms with Crippen LogP contribution in [0.25, 0.3) is 11.1 Å². The predicted molar refractivity (Wildman–Crippen MR) is 75.0 cm³/mol. The van der Waals surface area contributed by atoms with Crippen LogP contribution in [0.4, 0.5) is 13.2 Å². The summed E-state index contributed by atoms with van der Waals surface area (Å²) in [7, 11) is 0. The molecule has 0 saturated heterocycles. The maximum absolute atomic E-state index is 13.2. The third kappa shape index (κ3) is 3.73. The normalized spacial score (nSPS) is 11.2. The number of halogens is 3. The van der Waals surface area contributed by atoms with Crippen LogP contribution in [0.3, 0.4) is 0 Å². The van der Waals surface area contributed by atoms with Gasteiger partial charge >= 0.3 is 0 Å². The van der Waals surface area contributed by atoms with E-state index >= 15 is 0 Å². The van der Waals surface area contributed by atoms with Gasteiger partial charge in [-0.2, -0.15) is 0 Å². The van der Waals surface area contributed by atoms with Crippen LogP contribution in [0.1, 0.15) is 18.4 Å². The quantitative estimate of drug-likeness (QED) is 0.638. The summed E-state index contributed by atoms with van der Waals surface area (Å²) in [5.41, 5.74) is 2.63. The van der Waals surface area contributed by atoms with Crippen LogP contribution in [0.2, 0.25) is 0 Å². The van der Waals surface area contributed by atoms with Crippen molar-refractivity contribution >= 4 is 0 Å². The summed E-state index contributed by atoms with van der Waals surface area (Å²) in [6, 6.07) is 11.5. The van der Waals surface area contributed by atoms with Gasteiger partial charge in [0.1, 0.15) is 0 Å². The second-order valence-corrected chi connectivity index (χ2v) is 4.58. The van der Waals surface area contributed by atoms with Gasteiger partial charge in [0.2, 0.25) is 0 Å². The first-order valence-electron chi connectivity index (χ1n) is 6.50. The van der Waals surface area contributed by atoms with Crippen molar-refractivity contribution in [2.75, 3.05) is 0 Å². The van der Waals surface area contributed by atoms with Crippen molar-refractivity contribution in [1.29, 1.82) is 0 Å². The van der Waals surface area contributed by atoms with Crippen LogP contribution in [0, 0.1) is 11.6 Å². The number of hydrogen-bond donors (Lipinski definition) is 0. The largest absolute Gasteiger partial charge is 0.216 e. The van der Waals surface area contributed by atoms with E-state index in [1.54, 1.807) is 6.07 Å². The van der Waals surface area contributed by atoms with Crippen molar-refractivity contribution in [3.63, 3.8) is 0 Å². The van der Waals surface area contributed by atoms with E-state index in [4.69, 9.17) is 0 Å². The van der Waals surface area contributed by atoms with Crippen LogP contribution in [-0.2, 0) is 6.42 Å². The Balaban J connectivity index is 2.05. The van der Waals surface area contributed by atoms with E-state index in [2.05, 4.69) is 0 Å². The molecular formula is C17H15F3. The van der Waals surface area contributed by atoms with Crippen molar-refractivity contribution in [1.82, 2.24) is 0 Å². The van der Waals surface area contributed by atoms with Gasteiger partial charge in [0.25, 0.3) is 0 Å². The third-order valence-electron chi connectivity index (χ3n) is 3.13. The zero-order valence-corrected chi connectivity index (χ0v) is 11.0. The van der Waals surface area contributed by atoms with Crippen LogP contribution in [0.5, 0.6) is 0 Å². The lowest BCUT2D eigenvalue weighted by atomic mass is 10.0. The molecule has 0 aliphatic carbocycles. The molecule has 2 aromatic rings. The molecule has 0 spiro atoms. The maximum atomic E-state index is 13.2. The minimum Gasteiger partial charge on any atom is -0.216 e. The zero-order valence-electron chi connectivity index (χ0n) is 11.0. The number of unbranched alkanes of at least 4 members (excludes halogenated alkanes) is 1. The average molecular weight is 276 g/mol. The molecule has 0 heterocycles. The summed E-state index contributed by atoms with van der Waals surface area (Å²) in [5.74, 6) is -1.68. The van der Waals surface area contributed by atoms with Crippen LogP contribution < -0.4 is 0 Å². The number of aryl methyl sites for hydroxylation is 1. The Labute approximate surface area is 116 Å². The Morgan fingerprint density at radius 2 is 1.55 bits per heavy atom. The lowest BCUT2D eigenvalue weighted by molar-refractivity contribution is 0.509. The summed E-state index contributed by atoms with van der Waals surface area (Å²) in [5, 5.41) is 0. The first kappa shape index (κ1) is 14.4. The fourth-order valence-corrected chi connectivity index (χ4v) is 2.03. The highest BCUT2D eigenvalue weighted by atomic mass is 19.2. The van der Waals surface area contributed by atoms with Gasteiger partial charge in [-0.3, -0.25) is 0 Å². The van der Waals surface area contributed by atoms with Crippen molar-refractivity contribution in [3.8, 4) is 11.1 Å². The smallest absolute Gasteiger partial charge is 0.159 e. The second-order valence-electron chi connectivity index (χ2n) is 4.58. The summed E-state index contributed by atoms with van der Waals surface area (Å²) in [6.07, 6.45) is 4.51. The highest BCUT2D eigenvalue weighted by Gasteiger charge is 2.04. The lowest BCUT2D eigenvalue weighted by Crippen LogP contribution is -1.87. The van der Waals surface area contributed by atoms with Gasteiger partial charge < -0.3 is 0 Å². The summed E-state index contributed by atoms with van der Waals surface area (Å²) in [6.45, 7) is 0. The van der Waals surface area contributed by atoms with Gasteiger partial charge in [0.15, 0.2) is 11.6 Å². The summed E-state index contributed by atoms with van der Waals surface area (Å²) in [4.78, 5) is 0. The number of allylic oxidation sites excluding steroid dienone is 1. The van der Waals surface area contributed by atoms with Crippen molar-refractivity contribution < 1.29 is 13.2 Å². The van der Waals surface area contributed by atoms with Gasteiger partial charge in [0, 0.05) is 0 Å². The topological polar surface area (TPSA) is 0 Å². The monoisotopic (exact) mass is 276 g/mol. The Morgan fingerprint density at radius 3 is 2.20 bits per heavy atom. The zero-order chi connectivity index (χ0) is 14.4. The molecule has 2 aromatic carbocycles. The summed E-state index contributed by atoms with van der Waals surface area (Å²) >= 11 is 0. The predicted octanol–water partition coefficient (Wildman–Crippen LogP) is 5.44. The molecule has 0 bridgehead atoms. The highest BCUT2D eigenvalue weighted by molar-refractivity contribution is 5.63. The van der Waals surface area contributed by atoms with E-state index in [1.807, 2.05) is 24.3 Å². The molecular weight excluding hydrogens is 261 g/mol. The maximum Gasteiger partial charge on any atom is 0.159 e. The van der Waals surface area contributed by atoms with Crippen molar-refractivity contribution in [2.45, 2.75) is 19.3 Å². The molecule has 0 aliphatic rings. The first-order chi connectivity index (χ1) is 9.70. The van der Waals surface area contributed by atoms with E-state index in [0.717, 1.165) is 30.0 Å². The molecule has 0 atom stereocenters. The van der Waals surface area contributed by atoms with Crippen molar-refractivity contribution in [3.05, 3.63) is 72.1 Å². The van der Waals surface area contributed by atoms with E-state index in [0.29, 0.717) is 18.3 Å². The number of hydrogen-bond acceptors (Lipinski definition) is 0. The van der Waals surface area contributed by atoms with E-state index in [-0.39, 0.29) is 0 Å². The standard InChI is InChI=1S/C17H15F3/c18-11-3-1-2-4-13-5-7-14(8-6-13)15-9-10-16(19)17(20)12-15/h3,5-12H,1-2,4H2. The molecule has 0 amide bonds. The molecule has 0 nitrogen and oxygen atoms in total. The van der Waals surface area contributed by atoms with Gasteiger partial charge in [-0.25, -0.2) is 13.2 Å². The Hall–Kier alpha value is -2.03. The minimum atomic E-state index is -0.843. The van der Waals surface area contributed by atoms with Crippen LogP contribution in [0.15, 0.2) is 54.9 Å². The van der Waals surface area contributed by atoms with Gasteiger partial charge in [-0.1, -0.05) is 36.4 Å². The van der Waals surface area contributed by atoms with Gasteiger partial charge in [-0.15, -0.1) is 0 Å². The highest BCUT2D eigenvalue weighted by Crippen LogP contribution is 2.22. The molecule has 0 N–H and O–H groups in total. The first-order valence-corrected chi connectivity index (χ1v) is 6.50. The molecule has 104 valence electrons. The van der Waals surface area contributed by atoms with Crippen LogP contribution >= 0.6 is 0 Å². The Bertz CT molecular complexity index is 586. The van der Waals surface area contributed by atoms with Gasteiger partial charge in [0.05, 0.1) is 6.33 Å². The summed E-state index contributed by atoms with van der Waals surface area (Å²) < 4.78 is 37.8. The molecule has 0 aliphatic heterocycles. The molecule has 0 fully saturated rings. The average Bonchev–Trinajstić information content (AvgIpc) is 2.47. The molecule has 20 heavy (non-hydrogen) atoms. The van der Waals surface area contributed by atoms with E-state index < -0.39 is 11.6 Å². The van der Waals surface area contributed by atoms with E-state index in [1.165, 1.54) is 12.1 Å². The third-order valence-corrected chi connectivity index (χ3v) is 3.13. The molecule has 3 heteroatoms. The number of benzene rings is 2. The lowest BCUT2D eigenvalue weighted by Gasteiger charge is -2.05. The molecule has 0 aromatic heterocycles. The second kappa shape index (κ2) is 6.94. The molecule has 0 saturated carbocycles. The van der Waals surface area contributed by atoms with E-state index in [9.17, 15) is 13.2 Å².